The Morgan fingerprint density at radius 2 is 1.90 bits per heavy atom. The number of nitrogens with two attached hydrogens (primary N) is 1. The maximum absolute atomic E-state index is 15.1. The second kappa shape index (κ2) is 10.0. The Balaban J connectivity index is 1.32. The highest BCUT2D eigenvalue weighted by Gasteiger charge is 2.42. The lowest BCUT2D eigenvalue weighted by molar-refractivity contribution is -0.135. The van der Waals surface area contributed by atoms with Gasteiger partial charge in [-0.1, -0.05) is 6.92 Å². The molecule has 0 radical (unpaired) electrons. The fourth-order valence-corrected chi connectivity index (χ4v) is 6.09. The number of pyridine rings is 1. The van der Waals surface area contributed by atoms with Crippen LogP contribution in [0.1, 0.15) is 48.2 Å². The molecule has 0 unspecified atom stereocenters. The first-order valence-corrected chi connectivity index (χ1v) is 13.1. The molecule has 1 saturated carbocycles. The number of nitrogens with zero attached hydrogens (tertiary/aromatic N) is 4. The number of fused-ring (bicyclic) bond motifs is 1. The van der Waals surface area contributed by atoms with E-state index in [0.717, 1.165) is 36.1 Å². The van der Waals surface area contributed by atoms with E-state index in [1.165, 1.54) is 6.07 Å². The number of hydrogen-bond acceptors (Lipinski definition) is 6. The zero-order chi connectivity index (χ0) is 27.3. The first kappa shape index (κ1) is 25.9. The molecule has 0 spiro atoms. The highest BCUT2D eigenvalue weighted by Crippen LogP contribution is 2.39. The lowest BCUT2D eigenvalue weighted by Crippen LogP contribution is -2.45. The van der Waals surface area contributed by atoms with Crippen molar-refractivity contribution >= 4 is 5.52 Å². The third kappa shape index (κ3) is 4.60. The summed E-state index contributed by atoms with van der Waals surface area (Å²) in [6, 6.07) is 7.24. The van der Waals surface area contributed by atoms with E-state index in [-0.39, 0.29) is 48.1 Å². The van der Waals surface area contributed by atoms with Crippen molar-refractivity contribution in [1.29, 1.82) is 0 Å². The van der Waals surface area contributed by atoms with Crippen molar-refractivity contribution in [3.8, 4) is 11.3 Å². The van der Waals surface area contributed by atoms with Crippen LogP contribution in [0.15, 0.2) is 48.9 Å². The predicted octanol–water partition coefficient (Wildman–Crippen LogP) is 4.71. The second-order valence-corrected chi connectivity index (χ2v) is 10.8. The van der Waals surface area contributed by atoms with Crippen LogP contribution in [0.25, 0.3) is 16.8 Å². The molecule has 6 rings (SSSR count). The van der Waals surface area contributed by atoms with Crippen LogP contribution in [-0.4, -0.2) is 52.1 Å². The molecule has 2 aliphatic rings. The molecule has 204 valence electrons. The quantitative estimate of drug-likeness (QED) is 0.383. The van der Waals surface area contributed by atoms with Crippen molar-refractivity contribution in [3.63, 3.8) is 0 Å². The Bertz CT molecular complexity index is 1490. The minimum Gasteiger partial charge on any atom is -0.380 e. The minimum atomic E-state index is -1.87. The minimum absolute atomic E-state index is 0.0257. The van der Waals surface area contributed by atoms with Crippen LogP contribution in [0.5, 0.6) is 0 Å². The van der Waals surface area contributed by atoms with Gasteiger partial charge in [0.2, 0.25) is 0 Å². The van der Waals surface area contributed by atoms with Crippen molar-refractivity contribution < 1.29 is 22.6 Å². The van der Waals surface area contributed by atoms with E-state index in [1.54, 1.807) is 30.1 Å². The van der Waals surface area contributed by atoms with Gasteiger partial charge < -0.3 is 15.2 Å². The monoisotopic (exact) mass is 537 g/mol. The topological polar surface area (TPSA) is 87.6 Å². The van der Waals surface area contributed by atoms with E-state index in [0.29, 0.717) is 23.7 Å². The third-order valence-corrected chi connectivity index (χ3v) is 8.13. The lowest BCUT2D eigenvalue weighted by Gasteiger charge is -2.38. The molecule has 1 aliphatic carbocycles. The van der Waals surface area contributed by atoms with E-state index < -0.39 is 17.3 Å². The molecule has 4 heterocycles. The average Bonchev–Trinajstić information content (AvgIpc) is 3.29. The van der Waals surface area contributed by atoms with Gasteiger partial charge in [-0.3, -0.25) is 4.98 Å². The molecule has 2 N–H and O–H groups in total. The number of halogens is 3. The number of hydrogen-bond donors (Lipinski definition) is 1. The number of benzene rings is 1. The smallest absolute Gasteiger partial charge is 0.182 e. The fourth-order valence-electron chi connectivity index (χ4n) is 6.09. The van der Waals surface area contributed by atoms with Gasteiger partial charge in [-0.15, -0.1) is 0 Å². The van der Waals surface area contributed by atoms with Crippen molar-refractivity contribution in [2.45, 2.75) is 49.9 Å². The molecule has 4 atom stereocenters. The van der Waals surface area contributed by atoms with Crippen molar-refractivity contribution in [3.05, 3.63) is 83.1 Å². The van der Waals surface area contributed by atoms with Gasteiger partial charge in [0.1, 0.15) is 17.5 Å². The molecule has 4 aromatic rings. The number of ether oxygens (including phenoxy) is 2. The number of alkyl halides is 1. The maximum Gasteiger partial charge on any atom is 0.182 e. The van der Waals surface area contributed by atoms with Crippen molar-refractivity contribution in [2.75, 3.05) is 20.3 Å². The fraction of sp³-hybridized carbons (Fsp3) is 0.414. The van der Waals surface area contributed by atoms with E-state index >= 15 is 8.78 Å². The molecule has 39 heavy (non-hydrogen) atoms. The van der Waals surface area contributed by atoms with Crippen LogP contribution in [0.4, 0.5) is 13.2 Å². The van der Waals surface area contributed by atoms with Gasteiger partial charge >= 0.3 is 0 Å². The first-order valence-electron chi connectivity index (χ1n) is 13.1. The van der Waals surface area contributed by atoms with Gasteiger partial charge in [-0.2, -0.15) is 5.10 Å². The summed E-state index contributed by atoms with van der Waals surface area (Å²) in [5.41, 5.74) is 7.11. The highest BCUT2D eigenvalue weighted by molar-refractivity contribution is 5.63. The van der Waals surface area contributed by atoms with Crippen LogP contribution in [0, 0.1) is 17.6 Å². The molecule has 2 fully saturated rings. The zero-order valence-corrected chi connectivity index (χ0v) is 21.8. The largest absolute Gasteiger partial charge is 0.380 e. The van der Waals surface area contributed by atoms with Crippen LogP contribution >= 0.6 is 0 Å². The number of imidazole rings is 1. The Morgan fingerprint density at radius 3 is 2.56 bits per heavy atom. The Hall–Kier alpha value is -3.34. The van der Waals surface area contributed by atoms with Gasteiger partial charge in [-0.25, -0.2) is 22.7 Å². The number of methoxy groups -OCH3 is 1. The molecular weight excluding hydrogens is 507 g/mol. The van der Waals surface area contributed by atoms with E-state index in [9.17, 15) is 4.39 Å². The lowest BCUT2D eigenvalue weighted by atomic mass is 9.74. The SMILES string of the molecule is CO[C@@H]1[C@H](N)C[C@H](c2ccncc2Cc2ncc3ccc(-c4c(F)cc(C5(F)COC5)cc4F)nn23)C[C@@H]1C. The van der Waals surface area contributed by atoms with Crippen LogP contribution < -0.4 is 5.73 Å². The summed E-state index contributed by atoms with van der Waals surface area (Å²) in [7, 11) is 1.71. The van der Waals surface area contributed by atoms with Gasteiger partial charge in [0, 0.05) is 32.0 Å². The number of rotatable bonds is 6. The Labute approximate surface area is 224 Å². The average molecular weight is 538 g/mol. The van der Waals surface area contributed by atoms with Gasteiger partial charge in [0.05, 0.1) is 42.3 Å². The van der Waals surface area contributed by atoms with E-state index in [2.05, 4.69) is 22.0 Å². The highest BCUT2D eigenvalue weighted by atomic mass is 19.1. The molecule has 1 aromatic carbocycles. The zero-order valence-electron chi connectivity index (χ0n) is 21.8. The van der Waals surface area contributed by atoms with E-state index in [4.69, 9.17) is 15.2 Å². The molecule has 7 nitrogen and oxygen atoms in total. The van der Waals surface area contributed by atoms with E-state index in [1.807, 2.05) is 12.3 Å². The molecule has 3 aromatic heterocycles. The normalized spacial score (nSPS) is 24.6. The van der Waals surface area contributed by atoms with Gasteiger partial charge in [0.25, 0.3) is 0 Å². The Kier molecular flexibility index (Phi) is 6.65. The molecular formula is C29H30F3N5O2. The molecule has 1 saturated heterocycles. The molecule has 10 heteroatoms. The van der Waals surface area contributed by atoms with Crippen molar-refractivity contribution in [1.82, 2.24) is 19.6 Å². The summed E-state index contributed by atoms with van der Waals surface area (Å²) in [6.07, 6.45) is 7.47. The van der Waals surface area contributed by atoms with Crippen LogP contribution in [0.2, 0.25) is 0 Å². The number of aromatic nitrogens is 4. The summed E-state index contributed by atoms with van der Waals surface area (Å²) < 4.78 is 57.0. The Morgan fingerprint density at radius 1 is 1.13 bits per heavy atom. The first-order chi connectivity index (χ1) is 18.8. The summed E-state index contributed by atoms with van der Waals surface area (Å²) in [6.45, 7) is 1.72. The van der Waals surface area contributed by atoms with Crippen LogP contribution in [0.3, 0.4) is 0 Å². The molecule has 1 aliphatic heterocycles. The maximum atomic E-state index is 15.1. The summed E-state index contributed by atoms with van der Waals surface area (Å²) >= 11 is 0. The summed E-state index contributed by atoms with van der Waals surface area (Å²) in [5, 5.41) is 4.54. The molecule has 0 amide bonds. The van der Waals surface area contributed by atoms with Gasteiger partial charge in [0.15, 0.2) is 5.67 Å². The second-order valence-electron chi connectivity index (χ2n) is 10.8. The van der Waals surface area contributed by atoms with Crippen molar-refractivity contribution in [2.24, 2.45) is 11.7 Å². The third-order valence-electron chi connectivity index (χ3n) is 8.13. The predicted molar refractivity (Wildman–Crippen MR) is 139 cm³/mol. The van der Waals surface area contributed by atoms with Gasteiger partial charge in [-0.05, 0) is 71.7 Å². The van der Waals surface area contributed by atoms with Crippen LogP contribution in [-0.2, 0) is 21.6 Å². The standard InChI is InChI=1S/C29H30F3N5O2/c1-16-7-17(8-24(33)28(16)38-2)21-5-6-34-12-18(21)9-26-35-13-20-3-4-25(36-37(20)26)27-22(30)10-19(11-23(27)31)29(32)14-39-15-29/h3-6,10-13,16-17,24,28H,7-9,14-15,33H2,1-2H3/t16-,17+,24+,28-/m0/s1. The molecule has 0 bridgehead atoms. The summed E-state index contributed by atoms with van der Waals surface area (Å²) in [4.78, 5) is 8.90. The summed E-state index contributed by atoms with van der Waals surface area (Å²) in [5.74, 6) is -0.601.